The van der Waals surface area contributed by atoms with Crippen LogP contribution >= 0.6 is 0 Å². The number of ether oxygens (including phenoxy) is 1. The Bertz CT molecular complexity index is 791. The van der Waals surface area contributed by atoms with E-state index in [1.165, 1.54) is 24.3 Å². The van der Waals surface area contributed by atoms with E-state index in [4.69, 9.17) is 0 Å². The summed E-state index contributed by atoms with van der Waals surface area (Å²) in [5.74, 6) is -0.283. The van der Waals surface area contributed by atoms with E-state index >= 15 is 0 Å². The van der Waals surface area contributed by atoms with Crippen molar-refractivity contribution in [2.24, 2.45) is 0 Å². The SMILES string of the molecule is CC(NC(=O)c1cccc(CS(C)=O)c1)c1ccc(OC(F)(F)F)cc1. The minimum absolute atomic E-state index is 0.319. The van der Waals surface area contributed by atoms with Crippen LogP contribution in [0.2, 0.25) is 0 Å². The first kappa shape index (κ1) is 20.0. The van der Waals surface area contributed by atoms with Gasteiger partial charge in [-0.3, -0.25) is 9.00 Å². The van der Waals surface area contributed by atoms with Gasteiger partial charge >= 0.3 is 6.36 Å². The molecule has 1 N–H and O–H groups in total. The van der Waals surface area contributed by atoms with Crippen LogP contribution in [0.1, 0.15) is 34.5 Å². The fourth-order valence-electron chi connectivity index (χ4n) is 2.36. The topological polar surface area (TPSA) is 55.4 Å². The van der Waals surface area contributed by atoms with E-state index in [2.05, 4.69) is 10.1 Å². The number of carbonyl (C=O) groups is 1. The van der Waals surface area contributed by atoms with Crippen LogP contribution in [-0.2, 0) is 16.6 Å². The van der Waals surface area contributed by atoms with Gasteiger partial charge in [0, 0.05) is 28.4 Å². The first-order valence-electron chi connectivity index (χ1n) is 7.69. The van der Waals surface area contributed by atoms with Gasteiger partial charge < -0.3 is 10.1 Å². The number of alkyl halides is 3. The van der Waals surface area contributed by atoms with E-state index in [1.807, 2.05) is 0 Å². The lowest BCUT2D eigenvalue weighted by Crippen LogP contribution is -2.26. The number of rotatable bonds is 6. The average Bonchev–Trinajstić information content (AvgIpc) is 2.53. The molecule has 4 nitrogen and oxygen atoms in total. The van der Waals surface area contributed by atoms with Crippen molar-refractivity contribution in [3.63, 3.8) is 0 Å². The highest BCUT2D eigenvalue weighted by molar-refractivity contribution is 7.83. The number of nitrogens with one attached hydrogen (secondary N) is 1. The highest BCUT2D eigenvalue weighted by Gasteiger charge is 2.31. The maximum atomic E-state index is 12.4. The summed E-state index contributed by atoms with van der Waals surface area (Å²) in [5.41, 5.74) is 1.86. The van der Waals surface area contributed by atoms with Gasteiger partial charge in [-0.05, 0) is 42.3 Å². The van der Waals surface area contributed by atoms with E-state index in [0.717, 1.165) is 5.56 Å². The van der Waals surface area contributed by atoms with Gasteiger partial charge in [0.05, 0.1) is 6.04 Å². The third kappa shape index (κ3) is 6.18. The Morgan fingerprint density at radius 3 is 2.42 bits per heavy atom. The molecule has 2 aromatic carbocycles. The van der Waals surface area contributed by atoms with Gasteiger partial charge in [-0.25, -0.2) is 0 Å². The Morgan fingerprint density at radius 1 is 1.19 bits per heavy atom. The van der Waals surface area contributed by atoms with E-state index in [0.29, 0.717) is 16.9 Å². The summed E-state index contributed by atoms with van der Waals surface area (Å²) in [4.78, 5) is 12.4. The maximum absolute atomic E-state index is 12.4. The molecule has 0 heterocycles. The van der Waals surface area contributed by atoms with E-state index in [-0.39, 0.29) is 11.7 Å². The number of amides is 1. The molecule has 2 unspecified atom stereocenters. The lowest BCUT2D eigenvalue weighted by Gasteiger charge is -2.16. The fraction of sp³-hybridized carbons (Fsp3) is 0.278. The molecule has 0 spiro atoms. The number of hydrogen-bond acceptors (Lipinski definition) is 3. The first-order chi connectivity index (χ1) is 12.1. The minimum Gasteiger partial charge on any atom is -0.406 e. The third-order valence-corrected chi connectivity index (χ3v) is 4.26. The highest BCUT2D eigenvalue weighted by Crippen LogP contribution is 2.24. The molecular formula is C18H18F3NO3S. The Hall–Kier alpha value is -2.35. The van der Waals surface area contributed by atoms with Crippen LogP contribution in [0.5, 0.6) is 5.75 Å². The molecule has 1 amide bonds. The molecule has 0 saturated heterocycles. The Morgan fingerprint density at radius 2 is 1.85 bits per heavy atom. The zero-order valence-electron chi connectivity index (χ0n) is 14.2. The summed E-state index contributed by atoms with van der Waals surface area (Å²) in [5, 5.41) is 2.78. The van der Waals surface area contributed by atoms with E-state index < -0.39 is 23.2 Å². The van der Waals surface area contributed by atoms with Crippen LogP contribution in [0.3, 0.4) is 0 Å². The zero-order chi connectivity index (χ0) is 19.3. The van der Waals surface area contributed by atoms with Crippen molar-refractivity contribution >= 4 is 16.7 Å². The molecule has 0 bridgehead atoms. The van der Waals surface area contributed by atoms with Crippen molar-refractivity contribution in [2.45, 2.75) is 25.1 Å². The Balaban J connectivity index is 2.03. The van der Waals surface area contributed by atoms with Crippen LogP contribution in [0.15, 0.2) is 48.5 Å². The number of hydrogen-bond donors (Lipinski definition) is 1. The molecule has 0 saturated carbocycles. The second-order valence-corrected chi connectivity index (χ2v) is 7.16. The van der Waals surface area contributed by atoms with E-state index in [1.54, 1.807) is 37.4 Å². The van der Waals surface area contributed by atoms with Crippen molar-refractivity contribution in [3.8, 4) is 5.75 Å². The molecule has 0 fully saturated rings. The smallest absolute Gasteiger partial charge is 0.406 e. The van der Waals surface area contributed by atoms with Crippen LogP contribution in [0, 0.1) is 0 Å². The normalized spacial score (nSPS) is 13.7. The standard InChI is InChI=1S/C18H18F3NO3S/c1-12(14-6-8-16(9-7-14)25-18(19,20)21)22-17(23)15-5-3-4-13(10-15)11-26(2)24/h3-10,12H,11H2,1-2H3,(H,22,23). The summed E-state index contributed by atoms with van der Waals surface area (Å²) >= 11 is 0. The summed E-state index contributed by atoms with van der Waals surface area (Å²) < 4.78 is 51.6. The lowest BCUT2D eigenvalue weighted by atomic mass is 10.1. The van der Waals surface area contributed by atoms with Gasteiger partial charge in [-0.15, -0.1) is 13.2 Å². The largest absolute Gasteiger partial charge is 0.573 e. The van der Waals surface area contributed by atoms with Crippen molar-refractivity contribution in [2.75, 3.05) is 6.26 Å². The summed E-state index contributed by atoms with van der Waals surface area (Å²) in [6.45, 7) is 1.72. The molecule has 0 aliphatic heterocycles. The molecule has 0 aliphatic rings. The molecule has 8 heteroatoms. The molecule has 2 aromatic rings. The van der Waals surface area contributed by atoms with Crippen molar-refractivity contribution in [1.82, 2.24) is 5.32 Å². The summed E-state index contributed by atoms with van der Waals surface area (Å²) in [6, 6.07) is 11.7. The minimum atomic E-state index is -4.74. The number of halogens is 3. The van der Waals surface area contributed by atoms with Crippen LogP contribution < -0.4 is 10.1 Å². The van der Waals surface area contributed by atoms with Gasteiger partial charge in [-0.1, -0.05) is 24.3 Å². The molecule has 0 aromatic heterocycles. The molecule has 0 aliphatic carbocycles. The fourth-order valence-corrected chi connectivity index (χ4v) is 3.01. The Labute approximate surface area is 151 Å². The summed E-state index contributed by atoms with van der Waals surface area (Å²) in [7, 11) is -1.01. The maximum Gasteiger partial charge on any atom is 0.573 e. The van der Waals surface area contributed by atoms with E-state index in [9.17, 15) is 22.2 Å². The lowest BCUT2D eigenvalue weighted by molar-refractivity contribution is -0.274. The molecule has 0 radical (unpaired) electrons. The first-order valence-corrected chi connectivity index (χ1v) is 9.42. The van der Waals surface area contributed by atoms with Crippen molar-refractivity contribution in [1.29, 1.82) is 0 Å². The Kier molecular flexibility index (Phi) is 6.42. The zero-order valence-corrected chi connectivity index (χ0v) is 15.0. The van der Waals surface area contributed by atoms with Gasteiger partial charge in [0.25, 0.3) is 5.91 Å². The highest BCUT2D eigenvalue weighted by atomic mass is 32.2. The molecular weight excluding hydrogens is 367 g/mol. The van der Waals surface area contributed by atoms with Crippen molar-refractivity contribution in [3.05, 3.63) is 65.2 Å². The van der Waals surface area contributed by atoms with Crippen LogP contribution in [0.25, 0.3) is 0 Å². The van der Waals surface area contributed by atoms with Crippen molar-refractivity contribution < 1.29 is 26.9 Å². The predicted octanol–water partition coefficient (Wildman–Crippen LogP) is 3.95. The summed E-state index contributed by atoms with van der Waals surface area (Å²) in [6.07, 6.45) is -3.16. The quantitative estimate of drug-likeness (QED) is 0.819. The predicted molar refractivity (Wildman–Crippen MR) is 93.2 cm³/mol. The number of carbonyl (C=O) groups excluding carboxylic acids is 1. The molecule has 2 rings (SSSR count). The van der Waals surface area contributed by atoms with Gasteiger partial charge in [0.2, 0.25) is 0 Å². The third-order valence-electron chi connectivity index (χ3n) is 3.52. The molecule has 26 heavy (non-hydrogen) atoms. The van der Waals surface area contributed by atoms with Gasteiger partial charge in [0.1, 0.15) is 5.75 Å². The van der Waals surface area contributed by atoms with Gasteiger partial charge in [0.15, 0.2) is 0 Å². The average molecular weight is 385 g/mol. The second-order valence-electron chi connectivity index (χ2n) is 5.73. The molecule has 140 valence electrons. The van der Waals surface area contributed by atoms with Gasteiger partial charge in [-0.2, -0.15) is 0 Å². The van der Waals surface area contributed by atoms with Crippen LogP contribution in [-0.4, -0.2) is 22.7 Å². The second kappa shape index (κ2) is 8.35. The monoisotopic (exact) mass is 385 g/mol. The molecule has 2 atom stereocenters. The number of benzene rings is 2. The van der Waals surface area contributed by atoms with Crippen LogP contribution in [0.4, 0.5) is 13.2 Å².